The topological polar surface area (TPSA) is 57.1 Å². The van der Waals surface area contributed by atoms with Crippen LogP contribution in [-0.4, -0.2) is 19.0 Å². The Morgan fingerprint density at radius 3 is 2.45 bits per heavy atom. The number of ether oxygens (including phenoxy) is 3. The zero-order chi connectivity index (χ0) is 21.8. The number of hydrogen-bond donors (Lipinski definition) is 0. The highest BCUT2D eigenvalue weighted by molar-refractivity contribution is 6.12. The fraction of sp³-hybridized carbons (Fsp3) is 0.0833. The third-order valence-corrected chi connectivity index (χ3v) is 4.56. The van der Waals surface area contributed by atoms with E-state index in [-0.39, 0.29) is 29.6 Å². The van der Waals surface area contributed by atoms with Gasteiger partial charge >= 0.3 is 5.97 Å². The minimum absolute atomic E-state index is 0.0281. The summed E-state index contributed by atoms with van der Waals surface area (Å²) in [6.07, 6.45) is 1.50. The number of halogens is 2. The third kappa shape index (κ3) is 4.45. The summed E-state index contributed by atoms with van der Waals surface area (Å²) in [6, 6.07) is 17.2. The molecule has 5 nitrogen and oxygen atoms in total. The van der Waals surface area contributed by atoms with E-state index in [1.165, 1.54) is 37.5 Å². The molecule has 1 aliphatic heterocycles. The number of carbonyl (C=O) groups excluding carboxylic acids is 1. The molecule has 0 amide bonds. The van der Waals surface area contributed by atoms with Crippen molar-refractivity contribution >= 4 is 17.9 Å². The number of methoxy groups -OCH3 is 1. The predicted octanol–water partition coefficient (Wildman–Crippen LogP) is 4.90. The van der Waals surface area contributed by atoms with E-state index in [0.717, 1.165) is 0 Å². The van der Waals surface area contributed by atoms with Crippen molar-refractivity contribution in [2.45, 2.75) is 6.61 Å². The van der Waals surface area contributed by atoms with E-state index in [4.69, 9.17) is 14.2 Å². The molecule has 0 bridgehead atoms. The summed E-state index contributed by atoms with van der Waals surface area (Å²) in [7, 11) is 1.47. The fourth-order valence-electron chi connectivity index (χ4n) is 2.98. The van der Waals surface area contributed by atoms with Crippen molar-refractivity contribution in [1.29, 1.82) is 0 Å². The lowest BCUT2D eigenvalue weighted by Crippen LogP contribution is -2.07. The van der Waals surface area contributed by atoms with Gasteiger partial charge in [0.2, 0.25) is 5.90 Å². The van der Waals surface area contributed by atoms with Crippen molar-refractivity contribution in [3.63, 3.8) is 0 Å². The lowest BCUT2D eigenvalue weighted by Gasteiger charge is -2.12. The molecule has 3 aromatic carbocycles. The van der Waals surface area contributed by atoms with Gasteiger partial charge in [-0.2, -0.15) is 0 Å². The van der Waals surface area contributed by atoms with Crippen LogP contribution in [-0.2, 0) is 16.1 Å². The Labute approximate surface area is 177 Å². The van der Waals surface area contributed by atoms with Crippen molar-refractivity contribution in [2.75, 3.05) is 7.11 Å². The molecular weight excluding hydrogens is 404 g/mol. The highest BCUT2D eigenvalue weighted by Crippen LogP contribution is 2.30. The summed E-state index contributed by atoms with van der Waals surface area (Å²) in [5, 5.41) is 0. The lowest BCUT2D eigenvalue weighted by molar-refractivity contribution is -0.129. The maximum absolute atomic E-state index is 13.9. The molecule has 4 rings (SSSR count). The molecule has 0 atom stereocenters. The summed E-state index contributed by atoms with van der Waals surface area (Å²) >= 11 is 0. The van der Waals surface area contributed by atoms with Crippen LogP contribution >= 0.6 is 0 Å². The van der Waals surface area contributed by atoms with Gasteiger partial charge in [-0.1, -0.05) is 36.4 Å². The van der Waals surface area contributed by atoms with Gasteiger partial charge in [0.1, 0.15) is 18.2 Å². The van der Waals surface area contributed by atoms with Crippen LogP contribution in [0.1, 0.15) is 16.7 Å². The number of hydrogen-bond acceptors (Lipinski definition) is 5. The highest BCUT2D eigenvalue weighted by Gasteiger charge is 2.26. The second-order valence-electron chi connectivity index (χ2n) is 6.61. The molecule has 0 N–H and O–H groups in total. The average molecular weight is 421 g/mol. The molecule has 3 aromatic rings. The molecule has 31 heavy (non-hydrogen) atoms. The minimum Gasteiger partial charge on any atom is -0.493 e. The first kappa shape index (κ1) is 20.3. The Balaban J connectivity index is 1.56. The average Bonchev–Trinajstić information content (AvgIpc) is 3.13. The van der Waals surface area contributed by atoms with Gasteiger partial charge in [-0.3, -0.25) is 0 Å². The molecule has 0 saturated heterocycles. The molecular formula is C24H17F2NO4. The van der Waals surface area contributed by atoms with Crippen LogP contribution < -0.4 is 9.47 Å². The van der Waals surface area contributed by atoms with Gasteiger partial charge in [0.15, 0.2) is 17.2 Å². The Morgan fingerprint density at radius 1 is 0.968 bits per heavy atom. The Hall–Kier alpha value is -4.00. The van der Waals surface area contributed by atoms with Gasteiger partial charge in [0.05, 0.1) is 12.7 Å². The van der Waals surface area contributed by atoms with Gasteiger partial charge in [-0.05, 0) is 42.0 Å². The number of nitrogens with zero attached hydrogens (tertiary/aromatic N) is 1. The molecule has 7 heteroatoms. The van der Waals surface area contributed by atoms with Gasteiger partial charge in [-0.25, -0.2) is 18.6 Å². The van der Waals surface area contributed by atoms with Crippen LogP contribution in [0, 0.1) is 11.6 Å². The number of aliphatic imine (C=N–C) groups is 1. The maximum Gasteiger partial charge on any atom is 0.363 e. The Kier molecular flexibility index (Phi) is 5.75. The van der Waals surface area contributed by atoms with E-state index in [2.05, 4.69) is 4.99 Å². The molecule has 0 aliphatic carbocycles. The van der Waals surface area contributed by atoms with Crippen molar-refractivity contribution in [3.8, 4) is 11.5 Å². The summed E-state index contributed by atoms with van der Waals surface area (Å²) < 4.78 is 43.9. The van der Waals surface area contributed by atoms with Gasteiger partial charge in [0.25, 0.3) is 0 Å². The number of benzene rings is 3. The molecule has 0 radical (unpaired) electrons. The largest absolute Gasteiger partial charge is 0.493 e. The Bertz CT molecular complexity index is 1200. The highest BCUT2D eigenvalue weighted by atomic mass is 19.1. The molecule has 156 valence electrons. The molecule has 0 saturated carbocycles. The first-order valence-electron chi connectivity index (χ1n) is 9.37. The van der Waals surface area contributed by atoms with Crippen molar-refractivity contribution < 1.29 is 27.8 Å². The van der Waals surface area contributed by atoms with Crippen molar-refractivity contribution in [1.82, 2.24) is 0 Å². The summed E-state index contributed by atoms with van der Waals surface area (Å²) in [5.74, 6) is -0.851. The first-order valence-corrected chi connectivity index (χ1v) is 9.37. The molecule has 0 unspecified atom stereocenters. The van der Waals surface area contributed by atoms with Crippen LogP contribution in [0.2, 0.25) is 0 Å². The van der Waals surface area contributed by atoms with Gasteiger partial charge in [-0.15, -0.1) is 0 Å². The first-order chi connectivity index (χ1) is 15.0. The minimum atomic E-state index is -0.683. The van der Waals surface area contributed by atoms with Gasteiger partial charge < -0.3 is 14.2 Å². The quantitative estimate of drug-likeness (QED) is 0.420. The SMILES string of the molecule is COc1cc(/C=C2\N=C(c3ccccc3F)OC2=O)ccc1OCc1ccccc1F. The maximum atomic E-state index is 13.9. The van der Waals surface area contributed by atoms with Crippen LogP contribution in [0.5, 0.6) is 11.5 Å². The van der Waals surface area contributed by atoms with E-state index < -0.39 is 11.8 Å². The molecule has 1 heterocycles. The van der Waals surface area contributed by atoms with E-state index >= 15 is 0 Å². The van der Waals surface area contributed by atoms with Crippen molar-refractivity contribution in [3.05, 3.63) is 101 Å². The molecule has 1 aliphatic rings. The number of cyclic esters (lactones) is 1. The number of esters is 1. The Morgan fingerprint density at radius 2 is 1.71 bits per heavy atom. The van der Waals surface area contributed by atoms with Crippen LogP contribution in [0.4, 0.5) is 8.78 Å². The van der Waals surface area contributed by atoms with Crippen molar-refractivity contribution in [2.24, 2.45) is 4.99 Å². The zero-order valence-corrected chi connectivity index (χ0v) is 16.5. The standard InChI is InChI=1S/C24H17F2NO4/c1-29-22-13-15(10-11-21(22)30-14-16-6-2-4-8-18(16)25)12-20-24(28)31-23(27-20)17-7-3-5-9-19(17)26/h2-13H,14H2,1H3/b20-12-. The molecule has 0 spiro atoms. The predicted molar refractivity (Wildman–Crippen MR) is 111 cm³/mol. The van der Waals surface area contributed by atoms with E-state index in [1.807, 2.05) is 0 Å². The van der Waals surface area contributed by atoms with Crippen LogP contribution in [0.25, 0.3) is 6.08 Å². The number of rotatable bonds is 6. The smallest absolute Gasteiger partial charge is 0.363 e. The molecule has 0 fully saturated rings. The van der Waals surface area contributed by atoms with Crippen LogP contribution in [0.3, 0.4) is 0 Å². The second kappa shape index (κ2) is 8.79. The monoisotopic (exact) mass is 421 g/mol. The van der Waals surface area contributed by atoms with E-state index in [1.54, 1.807) is 42.5 Å². The summed E-state index contributed by atoms with van der Waals surface area (Å²) in [5.41, 5.74) is 1.15. The lowest BCUT2D eigenvalue weighted by atomic mass is 10.1. The number of carbonyl (C=O) groups is 1. The molecule has 0 aromatic heterocycles. The third-order valence-electron chi connectivity index (χ3n) is 4.56. The second-order valence-corrected chi connectivity index (χ2v) is 6.61. The van der Waals surface area contributed by atoms with E-state index in [0.29, 0.717) is 22.6 Å². The van der Waals surface area contributed by atoms with E-state index in [9.17, 15) is 13.6 Å². The zero-order valence-electron chi connectivity index (χ0n) is 16.5. The summed E-state index contributed by atoms with van der Waals surface area (Å²) in [6.45, 7) is 0.0338. The summed E-state index contributed by atoms with van der Waals surface area (Å²) in [4.78, 5) is 16.3. The fourth-order valence-corrected chi connectivity index (χ4v) is 2.98. The normalized spacial score (nSPS) is 14.4. The van der Waals surface area contributed by atoms with Crippen LogP contribution in [0.15, 0.2) is 77.4 Å². The van der Waals surface area contributed by atoms with Gasteiger partial charge in [0, 0.05) is 5.56 Å².